The van der Waals surface area contributed by atoms with Gasteiger partial charge in [0.1, 0.15) is 6.79 Å². The number of ether oxygens (including phenoxy) is 1. The second kappa shape index (κ2) is 17.9. The van der Waals surface area contributed by atoms with Crippen LogP contribution < -0.4 is 5.73 Å². The van der Waals surface area contributed by atoms with E-state index in [2.05, 4.69) is 28.2 Å². The smallest absolute Gasteiger partial charge is 0.356 e. The zero-order valence-corrected chi connectivity index (χ0v) is 23.3. The SMILES string of the molecule is C=O.CCOCc1ccc(C(C(=O)OF)C(C)C)cc1.CCc1cc2c(Cl)c(Cl)ccc2n1C.CN. The zero-order valence-electron chi connectivity index (χ0n) is 21.8. The summed E-state index contributed by atoms with van der Waals surface area (Å²) in [7, 11) is 3.55. The number of carbonyl (C=O) groups is 2. The number of nitrogens with two attached hydrogens (primary N) is 1. The van der Waals surface area contributed by atoms with Gasteiger partial charge in [-0.2, -0.15) is 0 Å². The molecule has 0 saturated carbocycles. The maximum atomic E-state index is 12.1. The normalized spacial score (nSPS) is 10.9. The molecule has 0 fully saturated rings. The monoisotopic (exact) mass is 542 g/mol. The van der Waals surface area contributed by atoms with Crippen LogP contribution in [0.1, 0.15) is 50.4 Å². The summed E-state index contributed by atoms with van der Waals surface area (Å²) in [6.07, 6.45) is 0.999. The lowest BCUT2D eigenvalue weighted by molar-refractivity contribution is -0.186. The van der Waals surface area contributed by atoms with Gasteiger partial charge in [-0.15, -0.1) is 0 Å². The fourth-order valence-electron chi connectivity index (χ4n) is 3.63. The molecule has 2 N–H and O–H groups in total. The summed E-state index contributed by atoms with van der Waals surface area (Å²) in [5, 5.41) is 2.31. The van der Waals surface area contributed by atoms with Crippen molar-refractivity contribution in [2.45, 2.75) is 46.6 Å². The molecule has 0 aliphatic carbocycles. The number of aromatic nitrogens is 1. The van der Waals surface area contributed by atoms with E-state index < -0.39 is 11.9 Å². The molecule has 36 heavy (non-hydrogen) atoms. The predicted molar refractivity (Wildman–Crippen MR) is 146 cm³/mol. The predicted octanol–water partition coefficient (Wildman–Crippen LogP) is 6.83. The molecule has 0 bridgehead atoms. The van der Waals surface area contributed by atoms with Crippen molar-refractivity contribution in [3.63, 3.8) is 0 Å². The van der Waals surface area contributed by atoms with Crippen LogP contribution in [0.4, 0.5) is 4.53 Å². The Hall–Kier alpha value is -2.45. The van der Waals surface area contributed by atoms with Gasteiger partial charge in [-0.1, -0.05) is 68.2 Å². The van der Waals surface area contributed by atoms with Crippen LogP contribution in [0.15, 0.2) is 42.5 Å². The Kier molecular flexibility index (Phi) is 16.7. The average Bonchev–Trinajstić information content (AvgIpc) is 3.24. The van der Waals surface area contributed by atoms with E-state index in [1.807, 2.05) is 71.0 Å². The van der Waals surface area contributed by atoms with E-state index in [1.165, 1.54) is 12.7 Å². The highest BCUT2D eigenvalue weighted by atomic mass is 35.5. The molecule has 0 aliphatic rings. The fraction of sp³-hybridized carbons (Fsp3) is 0.407. The number of fused-ring (bicyclic) bond motifs is 1. The maximum Gasteiger partial charge on any atom is 0.356 e. The van der Waals surface area contributed by atoms with Crippen LogP contribution in [-0.4, -0.2) is 31.0 Å². The molecule has 200 valence electrons. The lowest BCUT2D eigenvalue weighted by atomic mass is 9.88. The molecule has 0 radical (unpaired) electrons. The first-order valence-electron chi connectivity index (χ1n) is 11.5. The van der Waals surface area contributed by atoms with Crippen LogP contribution >= 0.6 is 23.2 Å². The van der Waals surface area contributed by atoms with Crippen molar-refractivity contribution in [1.82, 2.24) is 4.57 Å². The molecule has 1 aromatic heterocycles. The number of hydrogen-bond acceptors (Lipinski definition) is 5. The van der Waals surface area contributed by atoms with Gasteiger partial charge in [0, 0.05) is 34.8 Å². The quantitative estimate of drug-likeness (QED) is 0.353. The molecule has 3 rings (SSSR count). The zero-order chi connectivity index (χ0) is 27.8. The molecule has 1 atom stereocenters. The first kappa shape index (κ1) is 33.5. The lowest BCUT2D eigenvalue weighted by Crippen LogP contribution is -2.18. The molecule has 2 aromatic carbocycles. The highest BCUT2D eigenvalue weighted by molar-refractivity contribution is 6.45. The summed E-state index contributed by atoms with van der Waals surface area (Å²) in [5.41, 5.74) is 8.69. The van der Waals surface area contributed by atoms with E-state index in [-0.39, 0.29) is 5.92 Å². The Bertz CT molecular complexity index is 1060. The maximum absolute atomic E-state index is 12.1. The molecular weight excluding hydrogens is 506 g/mol. The van der Waals surface area contributed by atoms with Gasteiger partial charge in [0.15, 0.2) is 0 Å². The summed E-state index contributed by atoms with van der Waals surface area (Å²) in [5.74, 6) is -1.44. The third kappa shape index (κ3) is 9.21. The van der Waals surface area contributed by atoms with Crippen molar-refractivity contribution in [3.05, 3.63) is 69.3 Å². The van der Waals surface area contributed by atoms with Crippen molar-refractivity contribution in [1.29, 1.82) is 0 Å². The van der Waals surface area contributed by atoms with Crippen LogP contribution in [-0.2, 0) is 39.3 Å². The summed E-state index contributed by atoms with van der Waals surface area (Å²) < 4.78 is 19.5. The number of nitrogens with zero attached hydrogens (tertiary/aromatic N) is 1. The third-order valence-corrected chi connectivity index (χ3v) is 6.20. The van der Waals surface area contributed by atoms with E-state index in [9.17, 15) is 9.32 Å². The van der Waals surface area contributed by atoms with E-state index in [4.69, 9.17) is 32.7 Å². The van der Waals surface area contributed by atoms with E-state index in [0.29, 0.717) is 23.3 Å². The number of halogens is 3. The molecule has 6 nitrogen and oxygen atoms in total. The summed E-state index contributed by atoms with van der Waals surface area (Å²) in [4.78, 5) is 22.7. The number of carbonyl (C=O) groups excluding carboxylic acids is 2. The first-order valence-corrected chi connectivity index (χ1v) is 12.3. The van der Waals surface area contributed by atoms with Crippen LogP contribution in [0.3, 0.4) is 0 Å². The molecule has 9 heteroatoms. The van der Waals surface area contributed by atoms with Crippen molar-refractivity contribution >= 4 is 46.9 Å². The van der Waals surface area contributed by atoms with Crippen LogP contribution in [0, 0.1) is 5.92 Å². The Morgan fingerprint density at radius 1 is 1.08 bits per heavy atom. The van der Waals surface area contributed by atoms with E-state index >= 15 is 0 Å². The molecular formula is C27H37Cl2FN2O4. The Balaban J connectivity index is 0.000000609. The van der Waals surface area contributed by atoms with Crippen molar-refractivity contribution in [3.8, 4) is 0 Å². The second-order valence-electron chi connectivity index (χ2n) is 7.84. The molecule has 0 aliphatic heterocycles. The largest absolute Gasteiger partial charge is 0.377 e. The Labute approximate surface area is 223 Å². The van der Waals surface area contributed by atoms with E-state index in [0.717, 1.165) is 28.5 Å². The van der Waals surface area contributed by atoms with E-state index in [1.54, 1.807) is 0 Å². The molecule has 3 aromatic rings. The van der Waals surface area contributed by atoms with Crippen LogP contribution in [0.5, 0.6) is 0 Å². The second-order valence-corrected chi connectivity index (χ2v) is 8.62. The first-order chi connectivity index (χ1) is 17.2. The lowest BCUT2D eigenvalue weighted by Gasteiger charge is -2.17. The number of aryl methyl sites for hydroxylation is 2. The topological polar surface area (TPSA) is 83.6 Å². The summed E-state index contributed by atoms with van der Waals surface area (Å²) in [6.45, 7) is 11.0. The minimum absolute atomic E-state index is 0.0222. The van der Waals surface area contributed by atoms with Gasteiger partial charge in [-0.3, -0.25) is 4.94 Å². The Morgan fingerprint density at radius 3 is 2.14 bits per heavy atom. The minimum atomic E-state index is -0.845. The van der Waals surface area contributed by atoms with Crippen LogP contribution in [0.2, 0.25) is 10.0 Å². The molecule has 0 spiro atoms. The number of rotatable bonds is 7. The van der Waals surface area contributed by atoms with Gasteiger partial charge < -0.3 is 19.8 Å². The van der Waals surface area contributed by atoms with Gasteiger partial charge in [-0.05, 0) is 55.6 Å². The standard InChI is InChI=1S/C14H19FO3.C11H11Cl2N.CH5N.CH2O/c1-4-17-9-11-5-7-12(8-6-11)13(10(2)3)14(16)18-15;1-3-7-6-8-10(14(7)2)5-4-9(12)11(8)13;2*1-2/h5-8,10,13H,4,9H2,1-3H3;4-6H,3H2,1-2H3;2H2,1H3;1H2. The molecule has 0 amide bonds. The van der Waals surface area contributed by atoms with Gasteiger partial charge in [0.2, 0.25) is 0 Å². The minimum Gasteiger partial charge on any atom is -0.377 e. The molecule has 1 heterocycles. The average molecular weight is 544 g/mol. The van der Waals surface area contributed by atoms with Crippen molar-refractivity contribution < 1.29 is 23.8 Å². The highest BCUT2D eigenvalue weighted by Gasteiger charge is 2.26. The van der Waals surface area contributed by atoms with Gasteiger partial charge in [-0.25, -0.2) is 4.79 Å². The summed E-state index contributed by atoms with van der Waals surface area (Å²) >= 11 is 12.1. The summed E-state index contributed by atoms with van der Waals surface area (Å²) in [6, 6.07) is 13.3. The fourth-order valence-corrected chi connectivity index (χ4v) is 4.00. The highest BCUT2D eigenvalue weighted by Crippen LogP contribution is 2.32. The Morgan fingerprint density at radius 2 is 1.67 bits per heavy atom. The van der Waals surface area contributed by atoms with Gasteiger partial charge in [0.25, 0.3) is 0 Å². The van der Waals surface area contributed by atoms with Crippen molar-refractivity contribution in [2.24, 2.45) is 18.7 Å². The third-order valence-electron chi connectivity index (χ3n) is 5.38. The number of hydrogen-bond donors (Lipinski definition) is 1. The molecule has 1 unspecified atom stereocenters. The number of benzene rings is 2. The van der Waals surface area contributed by atoms with Gasteiger partial charge >= 0.3 is 5.97 Å². The van der Waals surface area contributed by atoms with Crippen molar-refractivity contribution in [2.75, 3.05) is 13.7 Å². The van der Waals surface area contributed by atoms with Crippen LogP contribution in [0.25, 0.3) is 10.9 Å². The van der Waals surface area contributed by atoms with Gasteiger partial charge in [0.05, 0.1) is 22.6 Å². The molecule has 0 saturated heterocycles.